The standard InChI is InChI=1S/C23H21NO4/c1-14-7-5-6-8-16(14)17-9-10-24-18-13-19(28-22(17)18)15-11-20(25-2)23(27-4)21(12-15)26-3/h5-13H,1-4H3. The number of nitrogens with zero attached hydrogens (tertiary/aromatic N) is 1. The van der Waals surface area contributed by atoms with Gasteiger partial charge in [0.25, 0.3) is 0 Å². The molecule has 5 nitrogen and oxygen atoms in total. The Morgan fingerprint density at radius 2 is 1.54 bits per heavy atom. The van der Waals surface area contributed by atoms with Gasteiger partial charge < -0.3 is 18.6 Å². The molecule has 4 aromatic rings. The van der Waals surface area contributed by atoms with Gasteiger partial charge in [-0.15, -0.1) is 0 Å². The maximum Gasteiger partial charge on any atom is 0.203 e. The van der Waals surface area contributed by atoms with E-state index in [1.54, 1.807) is 27.5 Å². The number of aryl methyl sites for hydroxylation is 1. The van der Waals surface area contributed by atoms with Crippen LogP contribution in [0.15, 0.2) is 59.1 Å². The van der Waals surface area contributed by atoms with Crippen LogP contribution in [0.3, 0.4) is 0 Å². The number of hydrogen-bond acceptors (Lipinski definition) is 5. The first-order chi connectivity index (χ1) is 13.7. The molecule has 2 aromatic carbocycles. The van der Waals surface area contributed by atoms with Crippen molar-refractivity contribution in [3.63, 3.8) is 0 Å². The molecular formula is C23H21NO4. The van der Waals surface area contributed by atoms with E-state index < -0.39 is 0 Å². The van der Waals surface area contributed by atoms with Gasteiger partial charge in [0.1, 0.15) is 11.3 Å². The van der Waals surface area contributed by atoms with Crippen LogP contribution in [-0.2, 0) is 0 Å². The predicted octanol–water partition coefficient (Wildman–Crippen LogP) is 5.50. The summed E-state index contributed by atoms with van der Waals surface area (Å²) in [6.07, 6.45) is 1.80. The fraction of sp³-hybridized carbons (Fsp3) is 0.174. The highest BCUT2D eigenvalue weighted by Crippen LogP contribution is 2.43. The van der Waals surface area contributed by atoms with Crippen molar-refractivity contribution in [1.29, 1.82) is 0 Å². The Morgan fingerprint density at radius 3 is 2.18 bits per heavy atom. The second-order valence-electron chi connectivity index (χ2n) is 6.41. The Kier molecular flexibility index (Phi) is 4.65. The topological polar surface area (TPSA) is 53.7 Å². The smallest absolute Gasteiger partial charge is 0.203 e. The second kappa shape index (κ2) is 7.27. The third kappa shape index (κ3) is 2.95. The summed E-state index contributed by atoms with van der Waals surface area (Å²) >= 11 is 0. The van der Waals surface area contributed by atoms with E-state index in [0.29, 0.717) is 23.0 Å². The molecule has 0 amide bonds. The highest BCUT2D eigenvalue weighted by Gasteiger charge is 2.18. The van der Waals surface area contributed by atoms with Crippen molar-refractivity contribution in [3.05, 3.63) is 60.3 Å². The molecule has 5 heteroatoms. The van der Waals surface area contributed by atoms with Crippen molar-refractivity contribution >= 4 is 11.1 Å². The number of pyridine rings is 1. The summed E-state index contributed by atoms with van der Waals surface area (Å²) in [6.45, 7) is 2.09. The first-order valence-electron chi connectivity index (χ1n) is 8.91. The average Bonchev–Trinajstić information content (AvgIpc) is 3.17. The number of rotatable bonds is 5. The van der Waals surface area contributed by atoms with Crippen LogP contribution < -0.4 is 14.2 Å². The molecule has 142 valence electrons. The van der Waals surface area contributed by atoms with Crippen LogP contribution in [0.25, 0.3) is 33.6 Å². The lowest BCUT2D eigenvalue weighted by atomic mass is 10.0. The maximum atomic E-state index is 6.25. The molecular weight excluding hydrogens is 354 g/mol. The fourth-order valence-electron chi connectivity index (χ4n) is 3.39. The minimum atomic E-state index is 0.545. The molecule has 2 heterocycles. The summed E-state index contributed by atoms with van der Waals surface area (Å²) in [7, 11) is 4.77. The van der Waals surface area contributed by atoms with Gasteiger partial charge in [0.2, 0.25) is 5.75 Å². The zero-order valence-electron chi connectivity index (χ0n) is 16.3. The van der Waals surface area contributed by atoms with E-state index in [9.17, 15) is 0 Å². The van der Waals surface area contributed by atoms with Crippen molar-refractivity contribution < 1.29 is 18.6 Å². The van der Waals surface area contributed by atoms with Gasteiger partial charge in [-0.3, -0.25) is 4.98 Å². The third-order valence-electron chi connectivity index (χ3n) is 4.80. The monoisotopic (exact) mass is 375 g/mol. The minimum Gasteiger partial charge on any atom is -0.493 e. The molecule has 0 saturated heterocycles. The molecule has 0 saturated carbocycles. The number of fused-ring (bicyclic) bond motifs is 1. The summed E-state index contributed by atoms with van der Waals surface area (Å²) in [5.41, 5.74) is 5.69. The molecule has 0 bridgehead atoms. The molecule has 0 atom stereocenters. The SMILES string of the molecule is COc1cc(-c2cc3nccc(-c4ccccc4C)c3o2)cc(OC)c1OC. The van der Waals surface area contributed by atoms with Crippen molar-refractivity contribution in [3.8, 4) is 39.7 Å². The first kappa shape index (κ1) is 17.9. The van der Waals surface area contributed by atoms with Gasteiger partial charge in [-0.2, -0.15) is 0 Å². The van der Waals surface area contributed by atoms with E-state index in [1.807, 2.05) is 36.4 Å². The highest BCUT2D eigenvalue weighted by atomic mass is 16.5. The molecule has 28 heavy (non-hydrogen) atoms. The Balaban J connectivity index is 1.90. The van der Waals surface area contributed by atoms with Gasteiger partial charge >= 0.3 is 0 Å². The molecule has 0 unspecified atom stereocenters. The molecule has 0 aliphatic carbocycles. The summed E-state index contributed by atoms with van der Waals surface area (Å²) in [5.74, 6) is 2.38. The number of benzene rings is 2. The number of methoxy groups -OCH3 is 3. The second-order valence-corrected chi connectivity index (χ2v) is 6.41. The van der Waals surface area contributed by atoms with Gasteiger partial charge in [-0.05, 0) is 36.2 Å². The van der Waals surface area contributed by atoms with Crippen molar-refractivity contribution in [2.75, 3.05) is 21.3 Å². The number of furan rings is 1. The Hall–Kier alpha value is -3.47. The quantitative estimate of drug-likeness (QED) is 0.461. The van der Waals surface area contributed by atoms with E-state index in [1.165, 1.54) is 5.56 Å². The molecule has 2 aromatic heterocycles. The van der Waals surface area contributed by atoms with Crippen molar-refractivity contribution in [2.45, 2.75) is 6.92 Å². The van der Waals surface area contributed by atoms with E-state index in [2.05, 4.69) is 24.0 Å². The molecule has 4 rings (SSSR count). The Morgan fingerprint density at radius 1 is 0.821 bits per heavy atom. The predicted molar refractivity (Wildman–Crippen MR) is 109 cm³/mol. The van der Waals surface area contributed by atoms with Gasteiger partial charge in [0.05, 0.1) is 21.3 Å². The van der Waals surface area contributed by atoms with Gasteiger partial charge in [-0.1, -0.05) is 24.3 Å². The molecule has 0 radical (unpaired) electrons. The van der Waals surface area contributed by atoms with Crippen LogP contribution in [-0.4, -0.2) is 26.3 Å². The van der Waals surface area contributed by atoms with E-state index in [-0.39, 0.29) is 0 Å². The van der Waals surface area contributed by atoms with Gasteiger partial charge in [0.15, 0.2) is 17.1 Å². The van der Waals surface area contributed by atoms with E-state index in [4.69, 9.17) is 18.6 Å². The summed E-state index contributed by atoms with van der Waals surface area (Å²) in [5, 5.41) is 0. The average molecular weight is 375 g/mol. The fourth-order valence-corrected chi connectivity index (χ4v) is 3.39. The number of hydrogen-bond donors (Lipinski definition) is 0. The van der Waals surface area contributed by atoms with Crippen LogP contribution in [0.5, 0.6) is 17.2 Å². The van der Waals surface area contributed by atoms with Gasteiger partial charge in [-0.25, -0.2) is 0 Å². The van der Waals surface area contributed by atoms with Crippen molar-refractivity contribution in [2.24, 2.45) is 0 Å². The molecule has 0 fully saturated rings. The lowest BCUT2D eigenvalue weighted by Gasteiger charge is -2.13. The lowest BCUT2D eigenvalue weighted by Crippen LogP contribution is -1.95. The van der Waals surface area contributed by atoms with Crippen LogP contribution in [0.4, 0.5) is 0 Å². The van der Waals surface area contributed by atoms with Gasteiger partial charge in [0, 0.05) is 23.4 Å². The third-order valence-corrected chi connectivity index (χ3v) is 4.80. The molecule has 0 aliphatic rings. The first-order valence-corrected chi connectivity index (χ1v) is 8.91. The lowest BCUT2D eigenvalue weighted by molar-refractivity contribution is 0.324. The maximum absolute atomic E-state index is 6.25. The number of aromatic nitrogens is 1. The number of ether oxygens (including phenoxy) is 3. The Labute approximate surface area is 163 Å². The van der Waals surface area contributed by atoms with E-state index in [0.717, 1.165) is 27.8 Å². The van der Waals surface area contributed by atoms with Crippen LogP contribution in [0.1, 0.15) is 5.56 Å². The van der Waals surface area contributed by atoms with Crippen molar-refractivity contribution in [1.82, 2.24) is 4.98 Å². The van der Waals surface area contributed by atoms with Crippen LogP contribution >= 0.6 is 0 Å². The largest absolute Gasteiger partial charge is 0.493 e. The molecule has 0 N–H and O–H groups in total. The van der Waals surface area contributed by atoms with Crippen LogP contribution in [0.2, 0.25) is 0 Å². The summed E-state index contributed by atoms with van der Waals surface area (Å²) < 4.78 is 22.6. The zero-order valence-corrected chi connectivity index (χ0v) is 16.3. The highest BCUT2D eigenvalue weighted by molar-refractivity contribution is 5.93. The zero-order chi connectivity index (χ0) is 19.7. The Bertz CT molecular complexity index is 1120. The molecule has 0 aliphatic heterocycles. The normalized spacial score (nSPS) is 10.9. The summed E-state index contributed by atoms with van der Waals surface area (Å²) in [4.78, 5) is 4.48. The minimum absolute atomic E-state index is 0.545. The van der Waals surface area contributed by atoms with Crippen LogP contribution in [0, 0.1) is 6.92 Å². The van der Waals surface area contributed by atoms with E-state index >= 15 is 0 Å². The molecule has 0 spiro atoms. The summed E-state index contributed by atoms with van der Waals surface area (Å²) in [6, 6.07) is 15.9.